The monoisotopic (exact) mass is 237 g/mol. The summed E-state index contributed by atoms with van der Waals surface area (Å²) in [6, 6.07) is 0. The van der Waals surface area contributed by atoms with Crippen molar-refractivity contribution in [2.75, 3.05) is 13.1 Å². The Morgan fingerprint density at radius 3 is 2.24 bits per heavy atom. The van der Waals surface area contributed by atoms with E-state index in [1.54, 1.807) is 0 Å². The molecule has 1 amide bonds. The zero-order valence-corrected chi connectivity index (χ0v) is 11.7. The van der Waals surface area contributed by atoms with Crippen LogP contribution >= 0.6 is 0 Å². The summed E-state index contributed by atoms with van der Waals surface area (Å²) in [4.78, 5) is 14.7. The third-order valence-corrected chi connectivity index (χ3v) is 5.21. The fraction of sp³-hybridized carbons (Fsp3) is 0.933. The minimum Gasteiger partial charge on any atom is -0.342 e. The lowest BCUT2D eigenvalue weighted by Crippen LogP contribution is -2.50. The van der Waals surface area contributed by atoms with Gasteiger partial charge in [-0.25, -0.2) is 0 Å². The summed E-state index contributed by atoms with van der Waals surface area (Å²) >= 11 is 0. The molecule has 0 spiro atoms. The fourth-order valence-corrected chi connectivity index (χ4v) is 3.43. The van der Waals surface area contributed by atoms with E-state index in [-0.39, 0.29) is 5.41 Å². The van der Waals surface area contributed by atoms with E-state index in [0.717, 1.165) is 44.2 Å². The average Bonchev–Trinajstić information content (AvgIpc) is 2.28. The van der Waals surface area contributed by atoms with Crippen molar-refractivity contribution >= 4 is 5.91 Å². The van der Waals surface area contributed by atoms with Crippen LogP contribution in [0.3, 0.4) is 0 Å². The van der Waals surface area contributed by atoms with Gasteiger partial charge in [-0.1, -0.05) is 27.2 Å². The molecule has 1 aliphatic carbocycles. The predicted octanol–water partition coefficient (Wildman–Crippen LogP) is 3.46. The topological polar surface area (TPSA) is 20.3 Å². The molecule has 2 fully saturated rings. The number of carbonyl (C=O) groups is 1. The number of likely N-dealkylation sites (tertiary alicyclic amines) is 1. The Kier molecular flexibility index (Phi) is 3.79. The van der Waals surface area contributed by atoms with E-state index in [1.165, 1.54) is 19.3 Å². The minimum absolute atomic E-state index is 0.0463. The molecule has 0 atom stereocenters. The van der Waals surface area contributed by atoms with Crippen molar-refractivity contribution in [2.45, 2.75) is 59.3 Å². The van der Waals surface area contributed by atoms with Gasteiger partial charge in [0.1, 0.15) is 0 Å². The molecule has 98 valence electrons. The van der Waals surface area contributed by atoms with Crippen molar-refractivity contribution in [3.8, 4) is 0 Å². The Labute approximate surface area is 106 Å². The number of rotatable bonds is 3. The van der Waals surface area contributed by atoms with Gasteiger partial charge >= 0.3 is 0 Å². The van der Waals surface area contributed by atoms with E-state index in [0.29, 0.717) is 5.91 Å². The first-order valence-electron chi connectivity index (χ1n) is 7.38. The molecule has 0 N–H and O–H groups in total. The number of hydrogen-bond donors (Lipinski definition) is 0. The molecule has 2 heteroatoms. The Morgan fingerprint density at radius 2 is 1.88 bits per heavy atom. The summed E-state index contributed by atoms with van der Waals surface area (Å²) in [5.41, 5.74) is 0.0463. The average molecular weight is 237 g/mol. The molecule has 0 unspecified atom stereocenters. The lowest BCUT2D eigenvalue weighted by molar-refractivity contribution is -0.149. The molecule has 1 heterocycles. The van der Waals surface area contributed by atoms with Crippen molar-refractivity contribution < 1.29 is 4.79 Å². The Bertz CT molecular complexity index is 267. The van der Waals surface area contributed by atoms with E-state index >= 15 is 0 Å². The minimum atomic E-state index is 0.0463. The van der Waals surface area contributed by atoms with E-state index < -0.39 is 0 Å². The quantitative estimate of drug-likeness (QED) is 0.736. The largest absolute Gasteiger partial charge is 0.342 e. The highest BCUT2D eigenvalue weighted by molar-refractivity contribution is 5.83. The predicted molar refractivity (Wildman–Crippen MR) is 70.7 cm³/mol. The summed E-state index contributed by atoms with van der Waals surface area (Å²) < 4.78 is 0. The molecule has 2 nitrogen and oxygen atoms in total. The van der Waals surface area contributed by atoms with Crippen molar-refractivity contribution in [1.29, 1.82) is 0 Å². The molecule has 0 aromatic heterocycles. The third-order valence-electron chi connectivity index (χ3n) is 5.21. The van der Waals surface area contributed by atoms with Gasteiger partial charge in [-0.15, -0.1) is 0 Å². The van der Waals surface area contributed by atoms with Crippen LogP contribution in [-0.4, -0.2) is 23.9 Å². The Hall–Kier alpha value is -0.530. The van der Waals surface area contributed by atoms with Gasteiger partial charge in [-0.05, 0) is 43.9 Å². The molecule has 1 saturated carbocycles. The van der Waals surface area contributed by atoms with E-state index in [9.17, 15) is 4.79 Å². The van der Waals surface area contributed by atoms with Crippen molar-refractivity contribution in [1.82, 2.24) is 4.90 Å². The van der Waals surface area contributed by atoms with Crippen LogP contribution in [0, 0.1) is 17.3 Å². The van der Waals surface area contributed by atoms with Gasteiger partial charge in [0.15, 0.2) is 0 Å². The van der Waals surface area contributed by atoms with Crippen LogP contribution in [0.2, 0.25) is 0 Å². The van der Waals surface area contributed by atoms with E-state index in [2.05, 4.69) is 25.7 Å². The molecule has 0 radical (unpaired) electrons. The second-order valence-electron chi connectivity index (χ2n) is 6.36. The molecule has 0 bridgehead atoms. The van der Waals surface area contributed by atoms with Gasteiger partial charge in [0.2, 0.25) is 5.91 Å². The van der Waals surface area contributed by atoms with Gasteiger partial charge in [0.25, 0.3) is 0 Å². The van der Waals surface area contributed by atoms with Gasteiger partial charge in [-0.3, -0.25) is 4.79 Å². The fourth-order valence-electron chi connectivity index (χ4n) is 3.43. The number of carbonyl (C=O) groups excluding carboxylic acids is 1. The molecule has 17 heavy (non-hydrogen) atoms. The summed E-state index contributed by atoms with van der Waals surface area (Å²) in [7, 11) is 0. The maximum atomic E-state index is 12.5. The molecular formula is C15H27NO. The molecule has 1 saturated heterocycles. The van der Waals surface area contributed by atoms with E-state index in [4.69, 9.17) is 0 Å². The van der Waals surface area contributed by atoms with Crippen molar-refractivity contribution in [2.24, 2.45) is 17.3 Å². The second kappa shape index (κ2) is 4.99. The summed E-state index contributed by atoms with van der Waals surface area (Å²) in [6.07, 6.45) is 6.98. The van der Waals surface area contributed by atoms with Crippen LogP contribution in [0.4, 0.5) is 0 Å². The SMILES string of the molecule is CCC1(C(=O)N2CCC(C(C)C)CC2)CCC1. The zero-order chi connectivity index (χ0) is 12.5. The van der Waals surface area contributed by atoms with Crippen LogP contribution in [-0.2, 0) is 4.79 Å². The highest BCUT2D eigenvalue weighted by atomic mass is 16.2. The molecule has 0 aromatic rings. The molecular weight excluding hydrogens is 210 g/mol. The Morgan fingerprint density at radius 1 is 1.29 bits per heavy atom. The number of piperidine rings is 1. The third kappa shape index (κ3) is 2.36. The standard InChI is InChI=1S/C15H27NO/c1-4-15(8-5-9-15)14(17)16-10-6-13(7-11-16)12(2)3/h12-13H,4-11H2,1-3H3. The van der Waals surface area contributed by atoms with Crippen molar-refractivity contribution in [3.63, 3.8) is 0 Å². The van der Waals surface area contributed by atoms with Gasteiger partial charge < -0.3 is 4.90 Å². The van der Waals surface area contributed by atoms with Crippen LogP contribution in [0.5, 0.6) is 0 Å². The van der Waals surface area contributed by atoms with Crippen LogP contribution < -0.4 is 0 Å². The molecule has 2 rings (SSSR count). The van der Waals surface area contributed by atoms with Crippen LogP contribution in [0.15, 0.2) is 0 Å². The number of amides is 1. The normalized spacial score (nSPS) is 24.8. The van der Waals surface area contributed by atoms with Gasteiger partial charge in [0.05, 0.1) is 0 Å². The van der Waals surface area contributed by atoms with Gasteiger partial charge in [0, 0.05) is 18.5 Å². The maximum absolute atomic E-state index is 12.5. The smallest absolute Gasteiger partial charge is 0.228 e. The first kappa shape index (κ1) is 12.9. The maximum Gasteiger partial charge on any atom is 0.228 e. The second-order valence-corrected chi connectivity index (χ2v) is 6.36. The molecule has 0 aromatic carbocycles. The zero-order valence-electron chi connectivity index (χ0n) is 11.7. The molecule has 1 aliphatic heterocycles. The lowest BCUT2D eigenvalue weighted by Gasteiger charge is -2.45. The highest BCUT2D eigenvalue weighted by Gasteiger charge is 2.45. The summed E-state index contributed by atoms with van der Waals surface area (Å²) in [5.74, 6) is 2.07. The lowest BCUT2D eigenvalue weighted by atomic mass is 9.66. The number of nitrogens with zero attached hydrogens (tertiary/aromatic N) is 1. The Balaban J connectivity index is 1.90. The van der Waals surface area contributed by atoms with Crippen LogP contribution in [0.1, 0.15) is 59.3 Å². The highest BCUT2D eigenvalue weighted by Crippen LogP contribution is 2.45. The van der Waals surface area contributed by atoms with E-state index in [1.807, 2.05) is 0 Å². The summed E-state index contributed by atoms with van der Waals surface area (Å²) in [6.45, 7) is 8.80. The molecule has 2 aliphatic rings. The van der Waals surface area contributed by atoms with Gasteiger partial charge in [-0.2, -0.15) is 0 Å². The number of hydrogen-bond acceptors (Lipinski definition) is 1. The summed E-state index contributed by atoms with van der Waals surface area (Å²) in [5, 5.41) is 0. The van der Waals surface area contributed by atoms with Crippen LogP contribution in [0.25, 0.3) is 0 Å². The van der Waals surface area contributed by atoms with Crippen molar-refractivity contribution in [3.05, 3.63) is 0 Å². The first-order chi connectivity index (χ1) is 8.09. The first-order valence-corrected chi connectivity index (χ1v) is 7.38.